The number of carbonyl (C=O) groups excluding carboxylic acids is 2. The van der Waals surface area contributed by atoms with Crippen molar-refractivity contribution < 1.29 is 14.7 Å². The summed E-state index contributed by atoms with van der Waals surface area (Å²) in [6, 6.07) is 7.42. The fourth-order valence-corrected chi connectivity index (χ4v) is 2.93. The summed E-state index contributed by atoms with van der Waals surface area (Å²) >= 11 is 0. The lowest BCUT2D eigenvalue weighted by atomic mass is 10.1. The number of aliphatic hydroxyl groups is 1. The van der Waals surface area contributed by atoms with Gasteiger partial charge in [-0.1, -0.05) is 12.1 Å². The predicted octanol–water partition coefficient (Wildman–Crippen LogP) is 1.56. The van der Waals surface area contributed by atoms with Crippen molar-refractivity contribution >= 4 is 17.5 Å². The Hall–Kier alpha value is -1.88. The molecule has 1 aromatic carbocycles. The van der Waals surface area contributed by atoms with E-state index >= 15 is 0 Å². The summed E-state index contributed by atoms with van der Waals surface area (Å²) in [5, 5.41) is 12.2. The molecule has 1 aliphatic carbocycles. The van der Waals surface area contributed by atoms with E-state index in [1.165, 1.54) is 0 Å². The number of rotatable bonds is 5. The maximum Gasteiger partial charge on any atom is 0.227 e. The van der Waals surface area contributed by atoms with Crippen molar-refractivity contribution in [3.63, 3.8) is 0 Å². The monoisotopic (exact) mass is 302 g/mol. The number of hydrogen-bond acceptors (Lipinski definition) is 3. The van der Waals surface area contributed by atoms with Crippen molar-refractivity contribution in [2.45, 2.75) is 38.1 Å². The van der Waals surface area contributed by atoms with Gasteiger partial charge in [-0.2, -0.15) is 0 Å². The summed E-state index contributed by atoms with van der Waals surface area (Å²) < 4.78 is 0. The van der Waals surface area contributed by atoms with Gasteiger partial charge in [-0.3, -0.25) is 9.59 Å². The molecule has 0 aromatic heterocycles. The van der Waals surface area contributed by atoms with Gasteiger partial charge in [0, 0.05) is 18.2 Å². The average Bonchev–Trinajstić information content (AvgIpc) is 3.26. The topological polar surface area (TPSA) is 69.6 Å². The number of hydrogen-bond donors (Lipinski definition) is 2. The zero-order valence-corrected chi connectivity index (χ0v) is 12.6. The van der Waals surface area contributed by atoms with Crippen molar-refractivity contribution in [3.05, 3.63) is 29.8 Å². The van der Waals surface area contributed by atoms with Crippen molar-refractivity contribution in [3.8, 4) is 0 Å². The number of anilines is 1. The van der Waals surface area contributed by atoms with Crippen LogP contribution < -0.4 is 5.32 Å². The van der Waals surface area contributed by atoms with Gasteiger partial charge >= 0.3 is 0 Å². The largest absolute Gasteiger partial charge is 0.394 e. The van der Waals surface area contributed by atoms with E-state index in [9.17, 15) is 14.7 Å². The van der Waals surface area contributed by atoms with Gasteiger partial charge in [-0.05, 0) is 43.4 Å². The Kier molecular flexibility index (Phi) is 4.43. The Labute approximate surface area is 130 Å². The molecule has 1 atom stereocenters. The molecule has 1 aliphatic heterocycles. The Morgan fingerprint density at radius 3 is 2.55 bits per heavy atom. The molecule has 2 aliphatic rings. The van der Waals surface area contributed by atoms with Crippen LogP contribution in [0.1, 0.15) is 31.2 Å². The van der Waals surface area contributed by atoms with Crippen LogP contribution in [0.5, 0.6) is 0 Å². The molecule has 2 amide bonds. The Bertz CT molecular complexity index is 552. The van der Waals surface area contributed by atoms with Gasteiger partial charge in [0.2, 0.25) is 11.8 Å². The molecule has 0 spiro atoms. The van der Waals surface area contributed by atoms with Crippen molar-refractivity contribution in [2.75, 3.05) is 18.5 Å². The smallest absolute Gasteiger partial charge is 0.227 e. The number of amides is 2. The zero-order chi connectivity index (χ0) is 15.5. The number of benzene rings is 1. The predicted molar refractivity (Wildman–Crippen MR) is 83.3 cm³/mol. The Morgan fingerprint density at radius 1 is 1.18 bits per heavy atom. The molecule has 1 saturated carbocycles. The van der Waals surface area contributed by atoms with Crippen molar-refractivity contribution in [1.29, 1.82) is 0 Å². The van der Waals surface area contributed by atoms with Crippen LogP contribution in [0.3, 0.4) is 0 Å². The first-order valence-electron chi connectivity index (χ1n) is 7.97. The number of carbonyl (C=O) groups is 2. The minimum absolute atomic E-state index is 0.0235. The number of nitrogens with one attached hydrogen (secondary N) is 1. The first kappa shape index (κ1) is 15.0. The molecule has 22 heavy (non-hydrogen) atoms. The fraction of sp³-hybridized carbons (Fsp3) is 0.529. The van der Waals surface area contributed by atoms with Crippen LogP contribution in [0.4, 0.5) is 5.69 Å². The molecule has 118 valence electrons. The number of nitrogens with zero attached hydrogens (tertiary/aromatic N) is 1. The third-order valence-corrected chi connectivity index (χ3v) is 4.43. The summed E-state index contributed by atoms with van der Waals surface area (Å²) in [5.41, 5.74) is 1.71. The van der Waals surface area contributed by atoms with Crippen LogP contribution in [-0.4, -0.2) is 41.0 Å². The first-order chi connectivity index (χ1) is 10.7. The van der Waals surface area contributed by atoms with Crippen molar-refractivity contribution in [1.82, 2.24) is 4.90 Å². The van der Waals surface area contributed by atoms with Crippen LogP contribution in [0.2, 0.25) is 0 Å². The fourth-order valence-electron chi connectivity index (χ4n) is 2.93. The molecule has 0 radical (unpaired) electrons. The number of aliphatic hydroxyl groups excluding tert-OH is 1. The molecule has 0 unspecified atom stereocenters. The molecule has 2 N–H and O–H groups in total. The second kappa shape index (κ2) is 6.48. The van der Waals surface area contributed by atoms with E-state index < -0.39 is 0 Å². The maximum atomic E-state index is 12.3. The average molecular weight is 302 g/mol. The third kappa shape index (κ3) is 3.47. The molecular weight excluding hydrogens is 280 g/mol. The Morgan fingerprint density at radius 2 is 1.91 bits per heavy atom. The van der Waals surface area contributed by atoms with Gasteiger partial charge in [0.15, 0.2) is 0 Å². The minimum atomic E-state index is -0.0235. The van der Waals surface area contributed by atoms with Crippen LogP contribution in [0, 0.1) is 5.92 Å². The SMILES string of the molecule is O=C(Nc1ccc(CC(=O)N2CCC[C@@H]2CO)cc1)C1CC1. The van der Waals surface area contributed by atoms with E-state index in [4.69, 9.17) is 0 Å². The lowest BCUT2D eigenvalue weighted by Gasteiger charge is -2.23. The third-order valence-electron chi connectivity index (χ3n) is 4.43. The van der Waals surface area contributed by atoms with E-state index in [1.54, 1.807) is 4.90 Å². The summed E-state index contributed by atoms with van der Waals surface area (Å²) in [6.45, 7) is 0.775. The van der Waals surface area contributed by atoms with E-state index in [1.807, 2.05) is 24.3 Å². The van der Waals surface area contributed by atoms with Gasteiger partial charge in [-0.25, -0.2) is 0 Å². The van der Waals surface area contributed by atoms with Gasteiger partial charge in [0.25, 0.3) is 0 Å². The second-order valence-electron chi connectivity index (χ2n) is 6.20. The van der Waals surface area contributed by atoms with Crippen LogP contribution in [-0.2, 0) is 16.0 Å². The van der Waals surface area contributed by atoms with Gasteiger partial charge in [0.1, 0.15) is 0 Å². The van der Waals surface area contributed by atoms with Gasteiger partial charge < -0.3 is 15.3 Å². The normalized spacial score (nSPS) is 21.0. The van der Waals surface area contributed by atoms with E-state index in [0.717, 1.165) is 43.5 Å². The van der Waals surface area contributed by atoms with E-state index in [0.29, 0.717) is 6.42 Å². The standard InChI is InChI=1S/C17H22N2O3/c20-11-15-2-1-9-19(15)16(21)10-12-3-7-14(8-4-12)18-17(22)13-5-6-13/h3-4,7-8,13,15,20H,1-2,5-6,9-11H2,(H,18,22)/t15-/m1/s1. The molecule has 2 fully saturated rings. The molecule has 1 saturated heterocycles. The highest BCUT2D eigenvalue weighted by molar-refractivity contribution is 5.94. The molecule has 1 aromatic rings. The summed E-state index contributed by atoms with van der Waals surface area (Å²) in [6.07, 6.45) is 4.16. The van der Waals surface area contributed by atoms with Crippen LogP contribution in [0.25, 0.3) is 0 Å². The molecular formula is C17H22N2O3. The van der Waals surface area contributed by atoms with Gasteiger partial charge in [0.05, 0.1) is 19.1 Å². The maximum absolute atomic E-state index is 12.3. The molecule has 5 nitrogen and oxygen atoms in total. The van der Waals surface area contributed by atoms with Crippen LogP contribution in [0.15, 0.2) is 24.3 Å². The van der Waals surface area contributed by atoms with Gasteiger partial charge in [-0.15, -0.1) is 0 Å². The Balaban J connectivity index is 1.56. The summed E-state index contributed by atoms with van der Waals surface area (Å²) in [4.78, 5) is 25.8. The minimum Gasteiger partial charge on any atom is -0.394 e. The van der Waals surface area contributed by atoms with Crippen molar-refractivity contribution in [2.24, 2.45) is 5.92 Å². The molecule has 0 bridgehead atoms. The summed E-state index contributed by atoms with van der Waals surface area (Å²) in [7, 11) is 0. The molecule has 3 rings (SSSR count). The van der Waals surface area contributed by atoms with E-state index in [-0.39, 0.29) is 30.4 Å². The van der Waals surface area contributed by atoms with E-state index in [2.05, 4.69) is 5.32 Å². The lowest BCUT2D eigenvalue weighted by Crippen LogP contribution is -2.38. The molecule has 5 heteroatoms. The first-order valence-corrected chi connectivity index (χ1v) is 7.97. The quantitative estimate of drug-likeness (QED) is 0.867. The molecule has 1 heterocycles. The highest BCUT2D eigenvalue weighted by atomic mass is 16.3. The zero-order valence-electron chi connectivity index (χ0n) is 12.6. The lowest BCUT2D eigenvalue weighted by molar-refractivity contribution is -0.132. The van der Waals surface area contributed by atoms with Crippen LogP contribution >= 0.6 is 0 Å². The highest BCUT2D eigenvalue weighted by Crippen LogP contribution is 2.30. The highest BCUT2D eigenvalue weighted by Gasteiger charge is 2.30. The number of likely N-dealkylation sites (tertiary alicyclic amines) is 1. The summed E-state index contributed by atoms with van der Waals surface area (Å²) in [5.74, 6) is 0.338. The second-order valence-corrected chi connectivity index (χ2v) is 6.20.